The molecule has 2 atom stereocenters. The van der Waals surface area contributed by atoms with Crippen LogP contribution in [0.3, 0.4) is 0 Å². The van der Waals surface area contributed by atoms with Crippen molar-refractivity contribution < 1.29 is 13.5 Å². The average Bonchev–Trinajstić information content (AvgIpc) is 2.17. The average molecular weight is 250 g/mol. The highest BCUT2D eigenvalue weighted by Crippen LogP contribution is 2.11. The van der Waals surface area contributed by atoms with Crippen molar-refractivity contribution in [1.29, 1.82) is 0 Å². The fraction of sp³-hybridized carbons (Fsp3) is 1.00. The first kappa shape index (κ1) is 13.9. The van der Waals surface area contributed by atoms with Crippen molar-refractivity contribution in [3.8, 4) is 0 Å². The van der Waals surface area contributed by atoms with E-state index in [2.05, 4.69) is 5.32 Å². The third kappa shape index (κ3) is 4.37. The lowest BCUT2D eigenvalue weighted by Gasteiger charge is -2.26. The predicted octanol–water partition coefficient (Wildman–Crippen LogP) is -0.229. The molecule has 6 heteroatoms. The summed E-state index contributed by atoms with van der Waals surface area (Å²) in [7, 11) is -1.73. The van der Waals surface area contributed by atoms with Gasteiger partial charge in [0.25, 0.3) is 0 Å². The smallest absolute Gasteiger partial charge is 0.215 e. The molecule has 0 radical (unpaired) electrons. The Labute approximate surface area is 97.9 Å². The first-order valence-electron chi connectivity index (χ1n) is 5.77. The Morgan fingerprint density at radius 3 is 2.69 bits per heavy atom. The molecular formula is C10H22N2O3S. The van der Waals surface area contributed by atoms with Crippen molar-refractivity contribution in [3.63, 3.8) is 0 Å². The van der Waals surface area contributed by atoms with Gasteiger partial charge in [0.1, 0.15) is 0 Å². The molecule has 5 nitrogen and oxygen atoms in total. The van der Waals surface area contributed by atoms with Crippen LogP contribution in [0, 0.1) is 0 Å². The van der Waals surface area contributed by atoms with Gasteiger partial charge >= 0.3 is 0 Å². The van der Waals surface area contributed by atoms with Gasteiger partial charge in [-0.2, -0.15) is 0 Å². The van der Waals surface area contributed by atoms with Crippen LogP contribution in [0.15, 0.2) is 0 Å². The van der Waals surface area contributed by atoms with Gasteiger partial charge in [0, 0.05) is 19.6 Å². The predicted molar refractivity (Wildman–Crippen MR) is 63.7 cm³/mol. The zero-order valence-corrected chi connectivity index (χ0v) is 10.8. The second-order valence-electron chi connectivity index (χ2n) is 4.55. The van der Waals surface area contributed by atoms with Crippen LogP contribution in [0.5, 0.6) is 0 Å². The molecular weight excluding hydrogens is 228 g/mol. The molecule has 1 saturated heterocycles. The maximum Gasteiger partial charge on any atom is 0.215 e. The maximum absolute atomic E-state index is 11.9. The summed E-state index contributed by atoms with van der Waals surface area (Å²) in [4.78, 5) is 0. The molecule has 2 N–H and O–H groups in total. The van der Waals surface area contributed by atoms with Gasteiger partial charge in [0.05, 0.1) is 11.9 Å². The Bertz CT molecular complexity index is 297. The second-order valence-corrected chi connectivity index (χ2v) is 6.68. The Kier molecular flexibility index (Phi) is 5.17. The minimum atomic E-state index is -3.24. The number of nitrogens with zero attached hydrogens (tertiary/aromatic N) is 1. The summed E-state index contributed by atoms with van der Waals surface area (Å²) in [6.45, 7) is 2.65. The van der Waals surface area contributed by atoms with Crippen LogP contribution >= 0.6 is 0 Å². The van der Waals surface area contributed by atoms with Gasteiger partial charge in [0.2, 0.25) is 10.0 Å². The molecule has 1 aliphatic rings. The fourth-order valence-corrected chi connectivity index (χ4v) is 3.42. The molecule has 1 aliphatic heterocycles. The molecule has 0 saturated carbocycles. The highest BCUT2D eigenvalue weighted by atomic mass is 32.2. The van der Waals surface area contributed by atoms with E-state index in [1.165, 1.54) is 11.4 Å². The maximum atomic E-state index is 11.9. The number of aliphatic hydroxyl groups excluding tert-OH is 1. The number of hydrogen-bond acceptors (Lipinski definition) is 4. The normalized spacial score (nSPS) is 24.6. The number of hydrogen-bond donors (Lipinski definition) is 2. The molecule has 1 fully saturated rings. The van der Waals surface area contributed by atoms with E-state index in [0.29, 0.717) is 0 Å². The molecule has 0 aromatic heterocycles. The topological polar surface area (TPSA) is 69.6 Å². The van der Waals surface area contributed by atoms with Crippen molar-refractivity contribution in [2.45, 2.75) is 38.3 Å². The van der Waals surface area contributed by atoms with E-state index in [9.17, 15) is 13.5 Å². The van der Waals surface area contributed by atoms with Crippen molar-refractivity contribution in [3.05, 3.63) is 0 Å². The molecule has 0 aliphatic carbocycles. The van der Waals surface area contributed by atoms with Gasteiger partial charge in [-0.3, -0.25) is 0 Å². The Balaban J connectivity index is 2.49. The van der Waals surface area contributed by atoms with Crippen molar-refractivity contribution >= 4 is 10.0 Å². The molecule has 1 rings (SSSR count). The van der Waals surface area contributed by atoms with Gasteiger partial charge in [-0.1, -0.05) is 6.42 Å². The van der Waals surface area contributed by atoms with Crippen molar-refractivity contribution in [2.24, 2.45) is 0 Å². The molecule has 0 aromatic rings. The molecule has 16 heavy (non-hydrogen) atoms. The van der Waals surface area contributed by atoms with Crippen LogP contribution in [0.25, 0.3) is 0 Å². The van der Waals surface area contributed by atoms with Crippen LogP contribution in [0.2, 0.25) is 0 Å². The minimum absolute atomic E-state index is 0.0650. The van der Waals surface area contributed by atoms with E-state index >= 15 is 0 Å². The minimum Gasteiger partial charge on any atom is -0.392 e. The Hall–Kier alpha value is -0.170. The first-order chi connectivity index (χ1) is 7.42. The zero-order valence-electron chi connectivity index (χ0n) is 10.0. The van der Waals surface area contributed by atoms with E-state index < -0.39 is 16.1 Å². The summed E-state index contributed by atoms with van der Waals surface area (Å²) in [6, 6.07) is 0.0650. The highest BCUT2D eigenvalue weighted by Gasteiger charge is 2.25. The SMILES string of the molecule is CC(O)CN(C)S(=O)(=O)CC1CCCCN1. The number of aliphatic hydroxyl groups is 1. The van der Waals surface area contributed by atoms with Crippen LogP contribution in [-0.2, 0) is 10.0 Å². The third-order valence-corrected chi connectivity index (χ3v) is 4.74. The molecule has 0 spiro atoms. The lowest BCUT2D eigenvalue weighted by atomic mass is 10.1. The van der Waals surface area contributed by atoms with Crippen LogP contribution in [-0.4, -0.2) is 55.9 Å². The van der Waals surface area contributed by atoms with E-state index in [1.54, 1.807) is 6.92 Å². The molecule has 0 bridgehead atoms. The van der Waals surface area contributed by atoms with Gasteiger partial charge < -0.3 is 10.4 Å². The van der Waals surface area contributed by atoms with Crippen LogP contribution < -0.4 is 5.32 Å². The summed E-state index contributed by atoms with van der Waals surface area (Å²) < 4.78 is 25.1. The standard InChI is InChI=1S/C10H22N2O3S/c1-9(13)7-12(2)16(14,15)8-10-5-3-4-6-11-10/h9-11,13H,3-8H2,1-2H3. The van der Waals surface area contributed by atoms with Crippen LogP contribution in [0.1, 0.15) is 26.2 Å². The quantitative estimate of drug-likeness (QED) is 0.707. The lowest BCUT2D eigenvalue weighted by Crippen LogP contribution is -2.44. The zero-order chi connectivity index (χ0) is 12.2. The monoisotopic (exact) mass is 250 g/mol. The van der Waals surface area contributed by atoms with Crippen molar-refractivity contribution in [2.75, 3.05) is 25.9 Å². The van der Waals surface area contributed by atoms with E-state index in [1.807, 2.05) is 0 Å². The first-order valence-corrected chi connectivity index (χ1v) is 7.38. The summed E-state index contributed by atoms with van der Waals surface area (Å²) in [6.07, 6.45) is 2.51. The van der Waals surface area contributed by atoms with E-state index in [-0.39, 0.29) is 18.3 Å². The Morgan fingerprint density at radius 1 is 1.50 bits per heavy atom. The van der Waals surface area contributed by atoms with Gasteiger partial charge in [0.15, 0.2) is 0 Å². The number of likely N-dealkylation sites (N-methyl/N-ethyl adjacent to an activating group) is 1. The number of sulfonamides is 1. The van der Waals surface area contributed by atoms with E-state index in [4.69, 9.17) is 0 Å². The fourth-order valence-electron chi connectivity index (χ4n) is 1.93. The number of nitrogens with one attached hydrogen (secondary N) is 1. The number of rotatable bonds is 5. The highest BCUT2D eigenvalue weighted by molar-refractivity contribution is 7.89. The lowest BCUT2D eigenvalue weighted by molar-refractivity contribution is 0.171. The summed E-state index contributed by atoms with van der Waals surface area (Å²) in [5, 5.41) is 12.4. The molecule has 0 amide bonds. The van der Waals surface area contributed by atoms with Gasteiger partial charge in [-0.15, -0.1) is 0 Å². The Morgan fingerprint density at radius 2 is 2.19 bits per heavy atom. The largest absolute Gasteiger partial charge is 0.392 e. The van der Waals surface area contributed by atoms with Gasteiger partial charge in [-0.05, 0) is 26.3 Å². The van der Waals surface area contributed by atoms with Crippen molar-refractivity contribution in [1.82, 2.24) is 9.62 Å². The second kappa shape index (κ2) is 5.95. The summed E-state index contributed by atoms with van der Waals surface area (Å²) >= 11 is 0. The molecule has 1 heterocycles. The third-order valence-electron chi connectivity index (χ3n) is 2.82. The van der Waals surface area contributed by atoms with Crippen LogP contribution in [0.4, 0.5) is 0 Å². The molecule has 2 unspecified atom stereocenters. The number of piperidine rings is 1. The van der Waals surface area contributed by atoms with E-state index in [0.717, 1.165) is 25.8 Å². The van der Waals surface area contributed by atoms with Gasteiger partial charge in [-0.25, -0.2) is 12.7 Å². The summed E-state index contributed by atoms with van der Waals surface area (Å²) in [5.74, 6) is 0.135. The molecule has 96 valence electrons. The summed E-state index contributed by atoms with van der Waals surface area (Å²) in [5.41, 5.74) is 0. The molecule has 0 aromatic carbocycles.